The molecule has 0 spiro atoms. The van der Waals surface area contributed by atoms with E-state index in [2.05, 4.69) is 15.5 Å². The molecule has 0 bridgehead atoms. The van der Waals surface area contributed by atoms with Gasteiger partial charge in [-0.25, -0.2) is 0 Å². The minimum Gasteiger partial charge on any atom is -0.397 e. The van der Waals surface area contributed by atoms with Gasteiger partial charge >= 0.3 is 0 Å². The van der Waals surface area contributed by atoms with Crippen molar-refractivity contribution in [3.63, 3.8) is 0 Å². The predicted octanol–water partition coefficient (Wildman–Crippen LogP) is 1.59. The number of nitrogen functional groups attached to an aromatic ring is 1. The summed E-state index contributed by atoms with van der Waals surface area (Å²) < 4.78 is 4.94. The third kappa shape index (κ3) is 3.23. The van der Waals surface area contributed by atoms with E-state index < -0.39 is 0 Å². The van der Waals surface area contributed by atoms with Crippen molar-refractivity contribution in [3.8, 4) is 0 Å². The van der Waals surface area contributed by atoms with Crippen molar-refractivity contribution >= 4 is 23.2 Å². The van der Waals surface area contributed by atoms with Crippen molar-refractivity contribution in [2.45, 2.75) is 13.3 Å². The van der Waals surface area contributed by atoms with E-state index in [4.69, 9.17) is 21.9 Å². The average Bonchev–Trinajstić information content (AvgIpc) is 2.78. The van der Waals surface area contributed by atoms with Gasteiger partial charge in [-0.3, -0.25) is 4.79 Å². The van der Waals surface area contributed by atoms with Crippen LogP contribution >= 0.6 is 11.6 Å². The number of nitrogens with zero attached hydrogens (tertiary/aromatic N) is 2. The van der Waals surface area contributed by atoms with Crippen LogP contribution in [0.5, 0.6) is 0 Å². The zero-order valence-electron chi connectivity index (χ0n) is 10.3. The monoisotopic (exact) mass is 280 g/mol. The minimum atomic E-state index is -0.281. The van der Waals surface area contributed by atoms with Gasteiger partial charge in [0.25, 0.3) is 5.91 Å². The molecule has 6 nitrogen and oxygen atoms in total. The van der Waals surface area contributed by atoms with E-state index in [9.17, 15) is 4.79 Å². The highest BCUT2D eigenvalue weighted by atomic mass is 35.5. The minimum absolute atomic E-state index is 0.273. The lowest BCUT2D eigenvalue weighted by molar-refractivity contribution is 0.0954. The molecule has 0 aliphatic heterocycles. The lowest BCUT2D eigenvalue weighted by atomic mass is 10.1. The molecule has 2 rings (SSSR count). The maximum Gasteiger partial charge on any atom is 0.253 e. The molecule has 0 unspecified atom stereocenters. The van der Waals surface area contributed by atoms with Crippen LogP contribution < -0.4 is 11.1 Å². The molecule has 19 heavy (non-hydrogen) atoms. The van der Waals surface area contributed by atoms with Gasteiger partial charge < -0.3 is 15.6 Å². The van der Waals surface area contributed by atoms with E-state index in [0.717, 1.165) is 0 Å². The highest BCUT2D eigenvalue weighted by Gasteiger charge is 2.11. The first-order valence-electron chi connectivity index (χ1n) is 5.69. The van der Waals surface area contributed by atoms with Gasteiger partial charge in [0.2, 0.25) is 5.89 Å². The molecule has 1 aromatic heterocycles. The number of nitrogens with one attached hydrogen (secondary N) is 1. The molecule has 1 heterocycles. The molecule has 0 aliphatic carbocycles. The molecule has 100 valence electrons. The average molecular weight is 281 g/mol. The van der Waals surface area contributed by atoms with Crippen LogP contribution in [0.2, 0.25) is 5.02 Å². The molecular weight excluding hydrogens is 268 g/mol. The highest BCUT2D eigenvalue weighted by molar-refractivity contribution is 6.33. The molecule has 0 aliphatic rings. The molecule has 1 amide bonds. The number of carbonyl (C=O) groups excluding carboxylic acids is 1. The molecule has 0 radical (unpaired) electrons. The van der Waals surface area contributed by atoms with Gasteiger partial charge in [0.1, 0.15) is 0 Å². The molecule has 3 N–H and O–H groups in total. The lowest BCUT2D eigenvalue weighted by Crippen LogP contribution is -2.26. The highest BCUT2D eigenvalue weighted by Crippen LogP contribution is 2.22. The first-order valence-corrected chi connectivity index (χ1v) is 6.07. The number of benzene rings is 1. The fourth-order valence-corrected chi connectivity index (χ4v) is 1.73. The van der Waals surface area contributed by atoms with Crippen molar-refractivity contribution < 1.29 is 9.32 Å². The largest absolute Gasteiger partial charge is 0.397 e. The van der Waals surface area contributed by atoms with Crippen LogP contribution in [0.25, 0.3) is 0 Å². The summed E-state index contributed by atoms with van der Waals surface area (Å²) in [6, 6.07) is 4.93. The number of nitrogens with two attached hydrogens (primary N) is 1. The molecule has 0 saturated heterocycles. The lowest BCUT2D eigenvalue weighted by Gasteiger charge is -2.07. The van der Waals surface area contributed by atoms with Crippen LogP contribution in [0.4, 0.5) is 5.69 Å². The van der Waals surface area contributed by atoms with E-state index in [1.54, 1.807) is 25.1 Å². The van der Waals surface area contributed by atoms with Crippen molar-refractivity contribution in [3.05, 3.63) is 40.5 Å². The Morgan fingerprint density at radius 2 is 2.32 bits per heavy atom. The van der Waals surface area contributed by atoms with E-state index >= 15 is 0 Å². The number of hydrogen-bond acceptors (Lipinski definition) is 5. The summed E-state index contributed by atoms with van der Waals surface area (Å²) in [6.45, 7) is 2.12. The van der Waals surface area contributed by atoms with Gasteiger partial charge in [-0.15, -0.1) is 0 Å². The van der Waals surface area contributed by atoms with E-state index in [0.29, 0.717) is 35.3 Å². The van der Waals surface area contributed by atoms with E-state index in [-0.39, 0.29) is 11.6 Å². The first-order chi connectivity index (χ1) is 9.08. The summed E-state index contributed by atoms with van der Waals surface area (Å²) in [5.41, 5.74) is 6.37. The zero-order chi connectivity index (χ0) is 13.8. The van der Waals surface area contributed by atoms with E-state index in [1.807, 2.05) is 0 Å². The Morgan fingerprint density at radius 3 is 3.00 bits per heavy atom. The van der Waals surface area contributed by atoms with Gasteiger partial charge in [0.05, 0.1) is 16.3 Å². The third-order valence-corrected chi connectivity index (χ3v) is 2.82. The van der Waals surface area contributed by atoms with Crippen molar-refractivity contribution in [2.75, 3.05) is 12.3 Å². The maximum atomic E-state index is 11.9. The van der Waals surface area contributed by atoms with Gasteiger partial charge in [-0.1, -0.05) is 22.8 Å². The van der Waals surface area contributed by atoms with Crippen molar-refractivity contribution in [1.29, 1.82) is 0 Å². The molecule has 0 saturated carbocycles. The number of hydrogen-bond donors (Lipinski definition) is 2. The normalized spacial score (nSPS) is 10.4. The Morgan fingerprint density at radius 1 is 1.53 bits per heavy atom. The summed E-state index contributed by atoms with van der Waals surface area (Å²) in [5, 5.41) is 6.74. The summed E-state index contributed by atoms with van der Waals surface area (Å²) in [7, 11) is 0. The van der Waals surface area contributed by atoms with Crippen LogP contribution in [-0.2, 0) is 6.42 Å². The second-order valence-electron chi connectivity index (χ2n) is 3.94. The Labute approximate surface area is 114 Å². The summed E-state index contributed by atoms with van der Waals surface area (Å²) in [6.07, 6.45) is 0.465. The summed E-state index contributed by atoms with van der Waals surface area (Å²) >= 11 is 5.85. The predicted molar refractivity (Wildman–Crippen MR) is 70.9 cm³/mol. The molecule has 2 aromatic rings. The van der Waals surface area contributed by atoms with Crippen molar-refractivity contribution in [1.82, 2.24) is 15.5 Å². The van der Waals surface area contributed by atoms with Crippen LogP contribution in [-0.4, -0.2) is 22.6 Å². The summed E-state index contributed by atoms with van der Waals surface area (Å²) in [5.74, 6) is 0.772. The second kappa shape index (κ2) is 5.71. The number of aryl methyl sites for hydroxylation is 1. The van der Waals surface area contributed by atoms with Crippen LogP contribution in [0.3, 0.4) is 0 Å². The van der Waals surface area contributed by atoms with Gasteiger partial charge in [0.15, 0.2) is 5.82 Å². The van der Waals surface area contributed by atoms with Crippen LogP contribution in [0.15, 0.2) is 22.7 Å². The number of carbonyl (C=O) groups is 1. The number of para-hydroxylation sites is 1. The zero-order valence-corrected chi connectivity index (χ0v) is 11.1. The SMILES string of the molecule is Cc1noc(CCNC(=O)c2cccc(Cl)c2N)n1. The summed E-state index contributed by atoms with van der Waals surface area (Å²) in [4.78, 5) is 15.9. The van der Waals surface area contributed by atoms with Gasteiger partial charge in [-0.05, 0) is 19.1 Å². The molecule has 0 fully saturated rings. The molecule has 0 atom stereocenters. The smallest absolute Gasteiger partial charge is 0.253 e. The Bertz CT molecular complexity index is 597. The Hall–Kier alpha value is -2.08. The number of aromatic nitrogens is 2. The first kappa shape index (κ1) is 13.4. The third-order valence-electron chi connectivity index (χ3n) is 2.49. The standard InChI is InChI=1S/C12H13ClN4O2/c1-7-16-10(19-17-7)5-6-15-12(18)8-3-2-4-9(13)11(8)14/h2-4H,5-6,14H2,1H3,(H,15,18). The number of rotatable bonds is 4. The van der Waals surface area contributed by atoms with Crippen molar-refractivity contribution in [2.24, 2.45) is 0 Å². The fourth-order valence-electron chi connectivity index (χ4n) is 1.55. The second-order valence-corrected chi connectivity index (χ2v) is 4.35. The maximum absolute atomic E-state index is 11.9. The number of halogens is 1. The number of anilines is 1. The molecule has 1 aromatic carbocycles. The topological polar surface area (TPSA) is 94.0 Å². The van der Waals surface area contributed by atoms with Crippen LogP contribution in [0.1, 0.15) is 22.1 Å². The number of amides is 1. The Kier molecular flexibility index (Phi) is 4.01. The van der Waals surface area contributed by atoms with E-state index in [1.165, 1.54) is 0 Å². The Balaban J connectivity index is 1.93. The quantitative estimate of drug-likeness (QED) is 0.829. The molecular formula is C12H13ClN4O2. The van der Waals surface area contributed by atoms with Gasteiger partial charge in [0, 0.05) is 13.0 Å². The van der Waals surface area contributed by atoms with Crippen LogP contribution in [0, 0.1) is 6.92 Å². The van der Waals surface area contributed by atoms with Gasteiger partial charge in [-0.2, -0.15) is 4.98 Å². The fraction of sp³-hybridized carbons (Fsp3) is 0.250. The molecule has 7 heteroatoms.